The topological polar surface area (TPSA) is 64.3 Å². The van der Waals surface area contributed by atoms with E-state index in [0.717, 1.165) is 36.8 Å². The zero-order valence-electron chi connectivity index (χ0n) is 12.1. The van der Waals surface area contributed by atoms with Crippen molar-refractivity contribution >= 4 is 5.91 Å². The van der Waals surface area contributed by atoms with Crippen LogP contribution in [0, 0.1) is 6.92 Å². The molecule has 0 aliphatic heterocycles. The quantitative estimate of drug-likeness (QED) is 0.809. The van der Waals surface area contributed by atoms with E-state index in [1.165, 1.54) is 0 Å². The molecule has 0 atom stereocenters. The van der Waals surface area contributed by atoms with E-state index in [1.54, 1.807) is 0 Å². The van der Waals surface area contributed by atoms with Gasteiger partial charge in [-0.3, -0.25) is 4.79 Å². The third-order valence-electron chi connectivity index (χ3n) is 3.85. The second-order valence-corrected chi connectivity index (χ2v) is 5.48. The lowest BCUT2D eigenvalue weighted by molar-refractivity contribution is 0.0267. The Morgan fingerprint density at radius 2 is 2.00 bits per heavy atom. The molecular formula is C16H24N2O2. The highest BCUT2D eigenvalue weighted by atomic mass is 16.5. The van der Waals surface area contributed by atoms with Crippen LogP contribution in [-0.2, 0) is 4.74 Å². The summed E-state index contributed by atoms with van der Waals surface area (Å²) in [5, 5.41) is 2.90. The molecular weight excluding hydrogens is 252 g/mol. The van der Waals surface area contributed by atoms with E-state index in [4.69, 9.17) is 10.5 Å². The highest BCUT2D eigenvalue weighted by Gasteiger charge is 2.18. The van der Waals surface area contributed by atoms with Gasteiger partial charge >= 0.3 is 0 Å². The summed E-state index contributed by atoms with van der Waals surface area (Å²) in [6, 6.07) is 7.94. The Bertz CT molecular complexity index is 440. The molecule has 4 heteroatoms. The first kappa shape index (κ1) is 15.0. The van der Waals surface area contributed by atoms with Gasteiger partial charge in [0, 0.05) is 18.2 Å². The summed E-state index contributed by atoms with van der Waals surface area (Å²) in [6.07, 6.45) is 4.46. The Kier molecular flexibility index (Phi) is 5.56. The monoisotopic (exact) mass is 276 g/mol. The van der Waals surface area contributed by atoms with Crippen LogP contribution in [0.3, 0.4) is 0 Å². The number of hydrogen-bond acceptors (Lipinski definition) is 3. The van der Waals surface area contributed by atoms with Gasteiger partial charge < -0.3 is 15.8 Å². The first-order chi connectivity index (χ1) is 9.66. The third kappa shape index (κ3) is 4.32. The molecule has 110 valence electrons. The molecule has 0 spiro atoms. The predicted molar refractivity (Wildman–Crippen MR) is 79.7 cm³/mol. The van der Waals surface area contributed by atoms with Crippen LogP contribution in [0.2, 0.25) is 0 Å². The minimum absolute atomic E-state index is 0.0302. The van der Waals surface area contributed by atoms with Crippen molar-refractivity contribution in [3.8, 4) is 0 Å². The number of nitrogens with two attached hydrogens (primary N) is 1. The van der Waals surface area contributed by atoms with Gasteiger partial charge in [-0.15, -0.1) is 0 Å². The lowest BCUT2D eigenvalue weighted by Gasteiger charge is -2.26. The summed E-state index contributed by atoms with van der Waals surface area (Å²) in [4.78, 5) is 12.0. The minimum atomic E-state index is -0.0302. The molecule has 3 N–H and O–H groups in total. The van der Waals surface area contributed by atoms with Crippen molar-refractivity contribution in [2.75, 3.05) is 13.2 Å². The van der Waals surface area contributed by atoms with Gasteiger partial charge in [-0.1, -0.05) is 18.2 Å². The predicted octanol–water partition coefficient (Wildman–Crippen LogP) is 2.01. The summed E-state index contributed by atoms with van der Waals surface area (Å²) >= 11 is 0. The number of aryl methyl sites for hydroxylation is 1. The molecule has 4 nitrogen and oxygen atoms in total. The van der Waals surface area contributed by atoms with Crippen molar-refractivity contribution < 1.29 is 9.53 Å². The van der Waals surface area contributed by atoms with Gasteiger partial charge in [-0.25, -0.2) is 0 Å². The van der Waals surface area contributed by atoms with Crippen LogP contribution in [0.4, 0.5) is 0 Å². The van der Waals surface area contributed by atoms with Crippen molar-refractivity contribution in [3.63, 3.8) is 0 Å². The van der Waals surface area contributed by atoms with E-state index < -0.39 is 0 Å². The van der Waals surface area contributed by atoms with Crippen molar-refractivity contribution in [1.82, 2.24) is 5.32 Å². The molecule has 0 radical (unpaired) electrons. The van der Waals surface area contributed by atoms with Crippen molar-refractivity contribution in [2.24, 2.45) is 5.73 Å². The average molecular weight is 276 g/mol. The molecule has 0 aromatic heterocycles. The van der Waals surface area contributed by atoms with E-state index in [1.807, 2.05) is 31.2 Å². The first-order valence-electron chi connectivity index (χ1n) is 7.38. The molecule has 2 rings (SSSR count). The zero-order valence-corrected chi connectivity index (χ0v) is 12.1. The zero-order chi connectivity index (χ0) is 14.4. The van der Waals surface area contributed by atoms with E-state index in [2.05, 4.69) is 5.32 Å². The second kappa shape index (κ2) is 7.41. The molecule has 0 unspecified atom stereocenters. The van der Waals surface area contributed by atoms with E-state index in [-0.39, 0.29) is 5.91 Å². The summed E-state index contributed by atoms with van der Waals surface area (Å²) in [6.45, 7) is 3.06. The molecule has 0 bridgehead atoms. The fourth-order valence-corrected chi connectivity index (χ4v) is 2.57. The Balaban J connectivity index is 1.66. The number of amides is 1. The molecule has 1 aromatic rings. The molecule has 1 fully saturated rings. The van der Waals surface area contributed by atoms with Gasteiger partial charge in [0.05, 0.1) is 12.7 Å². The van der Waals surface area contributed by atoms with Gasteiger partial charge in [-0.05, 0) is 44.2 Å². The maximum absolute atomic E-state index is 12.0. The molecule has 1 saturated carbocycles. The van der Waals surface area contributed by atoms with E-state index in [0.29, 0.717) is 25.3 Å². The van der Waals surface area contributed by atoms with Crippen LogP contribution < -0.4 is 11.1 Å². The molecule has 20 heavy (non-hydrogen) atoms. The molecule has 0 heterocycles. The van der Waals surface area contributed by atoms with Gasteiger partial charge in [0.1, 0.15) is 0 Å². The summed E-state index contributed by atoms with van der Waals surface area (Å²) in [5.41, 5.74) is 7.58. The lowest BCUT2D eigenvalue weighted by atomic mass is 9.94. The molecule has 1 amide bonds. The first-order valence-corrected chi connectivity index (χ1v) is 7.38. The van der Waals surface area contributed by atoms with Gasteiger partial charge in [-0.2, -0.15) is 0 Å². The van der Waals surface area contributed by atoms with Crippen LogP contribution >= 0.6 is 0 Å². The highest BCUT2D eigenvalue weighted by Crippen LogP contribution is 2.19. The number of rotatable bonds is 5. The largest absolute Gasteiger partial charge is 0.376 e. The van der Waals surface area contributed by atoms with Crippen molar-refractivity contribution in [1.29, 1.82) is 0 Å². The summed E-state index contributed by atoms with van der Waals surface area (Å²) in [5.74, 6) is -0.0302. The van der Waals surface area contributed by atoms with E-state index >= 15 is 0 Å². The number of carbonyl (C=O) groups excluding carboxylic acids is 1. The number of benzene rings is 1. The Morgan fingerprint density at radius 3 is 2.70 bits per heavy atom. The fraction of sp³-hybridized carbons (Fsp3) is 0.562. The van der Waals surface area contributed by atoms with Gasteiger partial charge in [0.15, 0.2) is 0 Å². The van der Waals surface area contributed by atoms with Crippen LogP contribution in [0.15, 0.2) is 24.3 Å². The number of carbonyl (C=O) groups is 1. The smallest absolute Gasteiger partial charge is 0.251 e. The van der Waals surface area contributed by atoms with Crippen molar-refractivity contribution in [3.05, 3.63) is 35.4 Å². The number of hydrogen-bond donors (Lipinski definition) is 2. The fourth-order valence-electron chi connectivity index (χ4n) is 2.57. The standard InChI is InChI=1S/C16H24N2O2/c1-12-4-2-3-5-15(12)16(19)18-10-11-20-14-8-6-13(17)7-9-14/h2-5,13-14H,6-11,17H2,1H3,(H,18,19). The molecule has 0 saturated heterocycles. The highest BCUT2D eigenvalue weighted by molar-refractivity contribution is 5.95. The molecule has 1 aromatic carbocycles. The molecule has 1 aliphatic carbocycles. The average Bonchev–Trinajstić information content (AvgIpc) is 2.46. The number of nitrogens with one attached hydrogen (secondary N) is 1. The van der Waals surface area contributed by atoms with E-state index in [9.17, 15) is 4.79 Å². The SMILES string of the molecule is Cc1ccccc1C(=O)NCCOC1CCC(N)CC1. The number of ether oxygens (including phenoxy) is 1. The summed E-state index contributed by atoms with van der Waals surface area (Å²) in [7, 11) is 0. The Morgan fingerprint density at radius 1 is 1.30 bits per heavy atom. The van der Waals surface area contributed by atoms with Gasteiger partial charge in [0.2, 0.25) is 0 Å². The van der Waals surface area contributed by atoms with Crippen LogP contribution in [0.25, 0.3) is 0 Å². The lowest BCUT2D eigenvalue weighted by Crippen LogP contribution is -2.33. The van der Waals surface area contributed by atoms with Gasteiger partial charge in [0.25, 0.3) is 5.91 Å². The normalized spacial score (nSPS) is 22.5. The molecule has 1 aliphatic rings. The maximum Gasteiger partial charge on any atom is 0.251 e. The Hall–Kier alpha value is -1.39. The second-order valence-electron chi connectivity index (χ2n) is 5.48. The Labute approximate surface area is 120 Å². The summed E-state index contributed by atoms with van der Waals surface area (Å²) < 4.78 is 5.78. The maximum atomic E-state index is 12.0. The van der Waals surface area contributed by atoms with Crippen molar-refractivity contribution in [2.45, 2.75) is 44.8 Å². The van der Waals surface area contributed by atoms with Crippen LogP contribution in [-0.4, -0.2) is 31.2 Å². The van der Waals surface area contributed by atoms with Crippen LogP contribution in [0.5, 0.6) is 0 Å². The van der Waals surface area contributed by atoms with Crippen LogP contribution in [0.1, 0.15) is 41.6 Å². The third-order valence-corrected chi connectivity index (χ3v) is 3.85. The minimum Gasteiger partial charge on any atom is -0.376 e.